The van der Waals surface area contributed by atoms with Crippen LogP contribution < -0.4 is 5.32 Å². The molecule has 0 fully saturated rings. The lowest BCUT2D eigenvalue weighted by atomic mass is 10.1. The molecule has 1 aromatic carbocycles. The first-order chi connectivity index (χ1) is 7.72. The number of β-amino-alcohol motifs (C(OH)–C–C–N with tert-alkyl or cyclic N) is 1. The Kier molecular flexibility index (Phi) is 4.25. The van der Waals surface area contributed by atoms with Crippen LogP contribution in [0.15, 0.2) is 12.1 Å². The largest absolute Gasteiger partial charge is 0.504 e. The minimum Gasteiger partial charge on any atom is -0.504 e. The second kappa shape index (κ2) is 5.12. The quantitative estimate of drug-likeness (QED) is 0.628. The molecule has 0 heterocycles. The van der Waals surface area contributed by atoms with Gasteiger partial charge in [0, 0.05) is 17.6 Å². The zero-order valence-electron chi connectivity index (χ0n) is 10.2. The molecule has 0 aliphatic heterocycles. The molecule has 0 aromatic heterocycles. The molecule has 0 aliphatic carbocycles. The predicted molar refractivity (Wildman–Crippen MR) is 67.5 cm³/mol. The highest BCUT2D eigenvalue weighted by atomic mass is 35.5. The number of hydrogen-bond acceptors (Lipinski definition) is 4. The Bertz CT molecular complexity index is 401. The summed E-state index contributed by atoms with van der Waals surface area (Å²) in [5.41, 5.74) is 0.269. The molecule has 0 amide bonds. The zero-order chi connectivity index (χ0) is 13.2. The fourth-order valence-electron chi connectivity index (χ4n) is 1.34. The minimum absolute atomic E-state index is 0.0202. The van der Waals surface area contributed by atoms with Crippen molar-refractivity contribution in [2.75, 3.05) is 6.54 Å². The van der Waals surface area contributed by atoms with Crippen molar-refractivity contribution >= 4 is 11.6 Å². The summed E-state index contributed by atoms with van der Waals surface area (Å²) in [6.45, 7) is 6.26. The van der Waals surface area contributed by atoms with Crippen molar-refractivity contribution in [2.24, 2.45) is 0 Å². The summed E-state index contributed by atoms with van der Waals surface area (Å²) in [7, 11) is 0. The topological polar surface area (TPSA) is 72.7 Å². The standard InChI is InChI=1S/C12H18ClNO3/c1-12(2,3)14-6-9(16)7-4-5-8(15)11(17)10(7)13/h4-5,9,14-17H,6H2,1-3H3. The average molecular weight is 260 g/mol. The van der Waals surface area contributed by atoms with Gasteiger partial charge in [-0.2, -0.15) is 0 Å². The van der Waals surface area contributed by atoms with Gasteiger partial charge in [-0.1, -0.05) is 17.7 Å². The summed E-state index contributed by atoms with van der Waals surface area (Å²) in [6.07, 6.45) is -0.840. The molecule has 96 valence electrons. The number of halogens is 1. The lowest BCUT2D eigenvalue weighted by Gasteiger charge is -2.23. The first kappa shape index (κ1) is 14.1. The van der Waals surface area contributed by atoms with Gasteiger partial charge in [-0.05, 0) is 26.8 Å². The van der Waals surface area contributed by atoms with E-state index in [1.807, 2.05) is 20.8 Å². The van der Waals surface area contributed by atoms with E-state index in [1.165, 1.54) is 12.1 Å². The zero-order valence-corrected chi connectivity index (χ0v) is 10.9. The van der Waals surface area contributed by atoms with Crippen LogP contribution in [0.4, 0.5) is 0 Å². The molecule has 4 N–H and O–H groups in total. The van der Waals surface area contributed by atoms with E-state index in [-0.39, 0.29) is 16.3 Å². The van der Waals surface area contributed by atoms with E-state index in [0.29, 0.717) is 12.1 Å². The second-order valence-electron chi connectivity index (χ2n) is 4.98. The van der Waals surface area contributed by atoms with Crippen LogP contribution in [0.3, 0.4) is 0 Å². The van der Waals surface area contributed by atoms with E-state index >= 15 is 0 Å². The molecule has 1 unspecified atom stereocenters. The fourth-order valence-corrected chi connectivity index (χ4v) is 1.63. The van der Waals surface area contributed by atoms with Gasteiger partial charge in [0.05, 0.1) is 11.1 Å². The van der Waals surface area contributed by atoms with Gasteiger partial charge in [-0.15, -0.1) is 0 Å². The summed E-state index contributed by atoms with van der Waals surface area (Å²) in [5.74, 6) is -0.700. The number of aliphatic hydroxyl groups excluding tert-OH is 1. The molecular weight excluding hydrogens is 242 g/mol. The molecule has 0 spiro atoms. The van der Waals surface area contributed by atoms with Crippen molar-refractivity contribution in [3.8, 4) is 11.5 Å². The molecule has 0 saturated carbocycles. The smallest absolute Gasteiger partial charge is 0.176 e. The summed E-state index contributed by atoms with van der Waals surface area (Å²) < 4.78 is 0. The second-order valence-corrected chi connectivity index (χ2v) is 5.36. The lowest BCUT2D eigenvalue weighted by Crippen LogP contribution is -2.38. The van der Waals surface area contributed by atoms with E-state index in [1.54, 1.807) is 0 Å². The first-order valence-corrected chi connectivity index (χ1v) is 5.73. The summed E-state index contributed by atoms with van der Waals surface area (Å²) in [6, 6.07) is 2.79. The normalized spacial score (nSPS) is 13.7. The van der Waals surface area contributed by atoms with E-state index in [9.17, 15) is 15.3 Å². The highest BCUT2D eigenvalue weighted by molar-refractivity contribution is 6.33. The maximum atomic E-state index is 9.94. The first-order valence-electron chi connectivity index (χ1n) is 5.36. The number of aromatic hydroxyl groups is 2. The maximum absolute atomic E-state index is 9.94. The van der Waals surface area contributed by atoms with Gasteiger partial charge < -0.3 is 20.6 Å². The van der Waals surface area contributed by atoms with E-state index < -0.39 is 11.9 Å². The number of phenols is 2. The van der Waals surface area contributed by atoms with Crippen LogP contribution in [-0.2, 0) is 0 Å². The van der Waals surface area contributed by atoms with Gasteiger partial charge in [-0.3, -0.25) is 0 Å². The van der Waals surface area contributed by atoms with Crippen LogP contribution in [0.5, 0.6) is 11.5 Å². The molecular formula is C12H18ClNO3. The van der Waals surface area contributed by atoms with E-state index in [4.69, 9.17) is 11.6 Å². The molecule has 0 radical (unpaired) electrons. The van der Waals surface area contributed by atoms with Crippen molar-refractivity contribution < 1.29 is 15.3 Å². The number of nitrogens with one attached hydrogen (secondary N) is 1. The average Bonchev–Trinajstić information content (AvgIpc) is 2.22. The molecule has 0 saturated heterocycles. The maximum Gasteiger partial charge on any atom is 0.176 e. The molecule has 17 heavy (non-hydrogen) atoms. The monoisotopic (exact) mass is 259 g/mol. The third-order valence-electron chi connectivity index (χ3n) is 2.31. The van der Waals surface area contributed by atoms with Crippen molar-refractivity contribution in [1.29, 1.82) is 0 Å². The van der Waals surface area contributed by atoms with Crippen molar-refractivity contribution in [1.82, 2.24) is 5.32 Å². The predicted octanol–water partition coefficient (Wildman–Crippen LogP) is 2.17. The van der Waals surface area contributed by atoms with Gasteiger partial charge in [0.1, 0.15) is 0 Å². The summed E-state index contributed by atoms with van der Waals surface area (Å²) in [4.78, 5) is 0. The van der Waals surface area contributed by atoms with E-state index in [0.717, 1.165) is 0 Å². The Morgan fingerprint density at radius 1 is 1.29 bits per heavy atom. The van der Waals surface area contributed by atoms with Gasteiger partial charge >= 0.3 is 0 Å². The van der Waals surface area contributed by atoms with Crippen LogP contribution >= 0.6 is 11.6 Å². The highest BCUT2D eigenvalue weighted by Crippen LogP contribution is 2.37. The third kappa shape index (κ3) is 3.77. The third-order valence-corrected chi connectivity index (χ3v) is 2.71. The number of phenolic OH excluding ortho intramolecular Hbond substituents is 2. The summed E-state index contributed by atoms with van der Waals surface area (Å²) >= 11 is 5.85. The molecule has 1 atom stereocenters. The van der Waals surface area contributed by atoms with Crippen molar-refractivity contribution in [3.63, 3.8) is 0 Å². The Hall–Kier alpha value is -0.970. The Balaban J connectivity index is 2.83. The van der Waals surface area contributed by atoms with Crippen molar-refractivity contribution in [2.45, 2.75) is 32.4 Å². The highest BCUT2D eigenvalue weighted by Gasteiger charge is 2.18. The van der Waals surface area contributed by atoms with Crippen LogP contribution in [0.25, 0.3) is 0 Å². The minimum atomic E-state index is -0.840. The Labute approximate surface area is 106 Å². The molecule has 4 nitrogen and oxygen atoms in total. The Morgan fingerprint density at radius 3 is 2.41 bits per heavy atom. The van der Waals surface area contributed by atoms with Gasteiger partial charge in [0.15, 0.2) is 11.5 Å². The number of rotatable bonds is 3. The van der Waals surface area contributed by atoms with Crippen LogP contribution in [0.1, 0.15) is 32.4 Å². The lowest BCUT2D eigenvalue weighted by molar-refractivity contribution is 0.163. The molecule has 1 rings (SSSR count). The molecule has 0 aliphatic rings. The van der Waals surface area contributed by atoms with Gasteiger partial charge in [-0.25, -0.2) is 0 Å². The van der Waals surface area contributed by atoms with Gasteiger partial charge in [0.25, 0.3) is 0 Å². The molecule has 5 heteroatoms. The van der Waals surface area contributed by atoms with Crippen LogP contribution in [0, 0.1) is 0 Å². The van der Waals surface area contributed by atoms with Gasteiger partial charge in [0.2, 0.25) is 0 Å². The fraction of sp³-hybridized carbons (Fsp3) is 0.500. The van der Waals surface area contributed by atoms with E-state index in [2.05, 4.69) is 5.32 Å². The molecule has 1 aromatic rings. The number of hydrogen-bond donors (Lipinski definition) is 4. The Morgan fingerprint density at radius 2 is 1.88 bits per heavy atom. The molecule has 0 bridgehead atoms. The van der Waals surface area contributed by atoms with Crippen LogP contribution in [0.2, 0.25) is 5.02 Å². The number of benzene rings is 1. The number of aliphatic hydroxyl groups is 1. The SMILES string of the molecule is CC(C)(C)NCC(O)c1ccc(O)c(O)c1Cl. The summed E-state index contributed by atoms with van der Waals surface area (Å²) in [5, 5.41) is 31.7. The van der Waals surface area contributed by atoms with Crippen LogP contribution in [-0.4, -0.2) is 27.4 Å². The van der Waals surface area contributed by atoms with Crippen molar-refractivity contribution in [3.05, 3.63) is 22.7 Å².